The van der Waals surface area contributed by atoms with Gasteiger partial charge in [0.15, 0.2) is 0 Å². The fourth-order valence-corrected chi connectivity index (χ4v) is 3.20. The van der Waals surface area contributed by atoms with Crippen LogP contribution in [0.5, 0.6) is 5.75 Å². The van der Waals surface area contributed by atoms with Gasteiger partial charge >= 0.3 is 0 Å². The van der Waals surface area contributed by atoms with Crippen LogP contribution in [0.25, 0.3) is 10.8 Å². The molecule has 0 atom stereocenters. The molecule has 4 nitrogen and oxygen atoms in total. The number of rotatable bonds is 4. The number of anilines is 2. The highest BCUT2D eigenvalue weighted by Crippen LogP contribution is 2.24. The summed E-state index contributed by atoms with van der Waals surface area (Å²) >= 11 is 5.16. The number of nitrogens with one attached hydrogen (secondary N) is 2. The normalized spacial score (nSPS) is 10.4. The summed E-state index contributed by atoms with van der Waals surface area (Å²) in [6.07, 6.45) is 0. The minimum atomic E-state index is -0.329. The zero-order chi connectivity index (χ0) is 20.9. The Labute approximate surface area is 178 Å². The molecule has 0 bridgehead atoms. The molecule has 6 heteroatoms. The highest BCUT2D eigenvalue weighted by atomic mass is 32.1. The molecule has 0 unspecified atom stereocenters. The Bertz CT molecular complexity index is 1200. The first-order valence-corrected chi connectivity index (χ1v) is 9.63. The van der Waals surface area contributed by atoms with E-state index in [2.05, 4.69) is 10.6 Å². The van der Waals surface area contributed by atoms with Gasteiger partial charge < -0.3 is 15.4 Å². The average Bonchev–Trinajstić information content (AvgIpc) is 2.76. The molecule has 0 radical (unpaired) electrons. The van der Waals surface area contributed by atoms with E-state index in [0.717, 1.165) is 16.5 Å². The number of hydrogen-bond acceptors (Lipinski definition) is 3. The van der Waals surface area contributed by atoms with Gasteiger partial charge in [0.05, 0.1) is 0 Å². The van der Waals surface area contributed by atoms with Crippen molar-refractivity contribution >= 4 is 45.4 Å². The van der Waals surface area contributed by atoms with Gasteiger partial charge in [0.1, 0.15) is 11.6 Å². The topological polar surface area (TPSA) is 50.4 Å². The number of thiocarbonyl (C=S) groups is 1. The van der Waals surface area contributed by atoms with Crippen LogP contribution < -0.4 is 15.4 Å². The van der Waals surface area contributed by atoms with Gasteiger partial charge in [-0.25, -0.2) is 4.39 Å². The molecule has 30 heavy (non-hydrogen) atoms. The van der Waals surface area contributed by atoms with E-state index in [1.165, 1.54) is 12.1 Å². The Morgan fingerprint density at radius 2 is 1.50 bits per heavy atom. The van der Waals surface area contributed by atoms with E-state index in [0.29, 0.717) is 17.0 Å². The van der Waals surface area contributed by atoms with Crippen molar-refractivity contribution in [1.82, 2.24) is 0 Å². The van der Waals surface area contributed by atoms with Gasteiger partial charge in [-0.15, -0.1) is 0 Å². The van der Waals surface area contributed by atoms with Crippen LogP contribution in [0.1, 0.15) is 10.4 Å². The van der Waals surface area contributed by atoms with Gasteiger partial charge in [0.2, 0.25) is 0 Å². The molecule has 0 aliphatic rings. The predicted octanol–water partition coefficient (Wildman–Crippen LogP) is 6.01. The average molecular weight is 416 g/mol. The lowest BCUT2D eigenvalue weighted by molar-refractivity contribution is 0.102. The maximum absolute atomic E-state index is 13.0. The van der Waals surface area contributed by atoms with Crippen LogP contribution >= 0.6 is 12.2 Å². The van der Waals surface area contributed by atoms with Gasteiger partial charge in [0.25, 0.3) is 11.1 Å². The molecule has 0 saturated heterocycles. The molecular weight excluding hydrogens is 399 g/mol. The quantitative estimate of drug-likeness (QED) is 0.400. The van der Waals surface area contributed by atoms with Crippen LogP contribution in [-0.2, 0) is 0 Å². The van der Waals surface area contributed by atoms with Crippen molar-refractivity contribution in [3.63, 3.8) is 0 Å². The molecule has 0 saturated carbocycles. The summed E-state index contributed by atoms with van der Waals surface area (Å²) in [5.74, 6) is -0.0639. The van der Waals surface area contributed by atoms with Gasteiger partial charge in [-0.05, 0) is 72.2 Å². The Morgan fingerprint density at radius 3 is 2.27 bits per heavy atom. The third-order valence-electron chi connectivity index (χ3n) is 4.46. The number of carbonyl (C=O) groups excluding carboxylic acids is 1. The number of amides is 1. The molecule has 1 amide bonds. The second kappa shape index (κ2) is 8.71. The molecule has 0 aromatic heterocycles. The number of fused-ring (bicyclic) bond motifs is 1. The van der Waals surface area contributed by atoms with Crippen LogP contribution in [0, 0.1) is 5.82 Å². The van der Waals surface area contributed by atoms with E-state index < -0.39 is 0 Å². The van der Waals surface area contributed by atoms with Crippen LogP contribution in [0.3, 0.4) is 0 Å². The summed E-state index contributed by atoms with van der Waals surface area (Å²) < 4.78 is 18.5. The summed E-state index contributed by atoms with van der Waals surface area (Å²) in [6, 6.07) is 26.1. The Kier molecular flexibility index (Phi) is 5.68. The van der Waals surface area contributed by atoms with Crippen molar-refractivity contribution in [2.75, 3.05) is 10.6 Å². The third kappa shape index (κ3) is 4.61. The smallest absolute Gasteiger partial charge is 0.266 e. The minimum Gasteiger partial charge on any atom is -0.432 e. The van der Waals surface area contributed by atoms with Crippen LogP contribution in [0.4, 0.5) is 15.8 Å². The summed E-state index contributed by atoms with van der Waals surface area (Å²) in [4.78, 5) is 12.6. The maximum Gasteiger partial charge on any atom is 0.266 e. The van der Waals surface area contributed by atoms with Crippen molar-refractivity contribution in [3.05, 3.63) is 102 Å². The highest BCUT2D eigenvalue weighted by Gasteiger charge is 2.09. The highest BCUT2D eigenvalue weighted by molar-refractivity contribution is 7.80. The van der Waals surface area contributed by atoms with Crippen LogP contribution in [-0.4, -0.2) is 11.1 Å². The SMILES string of the molecule is O=C(Nc1cccc2ccccc12)c1ccc(OC(=S)Nc2ccc(F)cc2)cc1. The second-order valence-corrected chi connectivity index (χ2v) is 6.90. The van der Waals surface area contributed by atoms with Crippen LogP contribution in [0.15, 0.2) is 91.0 Å². The van der Waals surface area contributed by atoms with Gasteiger partial charge in [-0.1, -0.05) is 36.4 Å². The largest absolute Gasteiger partial charge is 0.432 e. The van der Waals surface area contributed by atoms with Crippen molar-refractivity contribution in [1.29, 1.82) is 0 Å². The van der Waals surface area contributed by atoms with Crippen molar-refractivity contribution in [2.45, 2.75) is 0 Å². The number of ether oxygens (including phenoxy) is 1. The molecule has 4 rings (SSSR count). The molecule has 0 aliphatic heterocycles. The molecule has 2 N–H and O–H groups in total. The minimum absolute atomic E-state index is 0.120. The Morgan fingerprint density at radius 1 is 0.800 bits per heavy atom. The molecule has 4 aromatic carbocycles. The number of halogens is 1. The fourth-order valence-electron chi connectivity index (χ4n) is 2.99. The van der Waals surface area contributed by atoms with E-state index in [9.17, 15) is 9.18 Å². The first kappa shape index (κ1) is 19.5. The van der Waals surface area contributed by atoms with E-state index in [1.54, 1.807) is 36.4 Å². The van der Waals surface area contributed by atoms with Gasteiger partial charge in [-0.3, -0.25) is 4.79 Å². The predicted molar refractivity (Wildman–Crippen MR) is 122 cm³/mol. The molecule has 4 aromatic rings. The van der Waals surface area contributed by atoms with E-state index >= 15 is 0 Å². The second-order valence-electron chi connectivity index (χ2n) is 6.53. The molecule has 148 valence electrons. The Hall–Kier alpha value is -3.77. The summed E-state index contributed by atoms with van der Waals surface area (Å²) in [5, 5.41) is 7.97. The molecule has 0 fully saturated rings. The molecule has 0 spiro atoms. The fraction of sp³-hybridized carbons (Fsp3) is 0. The van der Waals surface area contributed by atoms with Crippen LogP contribution in [0.2, 0.25) is 0 Å². The standard InChI is InChI=1S/C24H17FN2O2S/c25-18-10-12-19(13-11-18)26-24(30)29-20-14-8-17(9-15-20)23(28)27-22-7-3-5-16-4-1-2-6-21(16)22/h1-15H,(H,26,30)(H,27,28). The third-order valence-corrected chi connectivity index (χ3v) is 4.64. The van der Waals surface area contributed by atoms with Gasteiger partial charge in [0, 0.05) is 22.3 Å². The Balaban J connectivity index is 1.40. The summed E-state index contributed by atoms with van der Waals surface area (Å²) in [6.45, 7) is 0. The van der Waals surface area contributed by atoms with Crippen molar-refractivity contribution < 1.29 is 13.9 Å². The number of carbonyl (C=O) groups is 1. The maximum atomic E-state index is 13.0. The number of benzene rings is 4. The summed E-state index contributed by atoms with van der Waals surface area (Å²) in [5.41, 5.74) is 1.86. The molecule has 0 aliphatic carbocycles. The number of hydrogen-bond donors (Lipinski definition) is 2. The van der Waals surface area contributed by atoms with E-state index in [1.807, 2.05) is 42.5 Å². The molecular formula is C24H17FN2O2S. The monoisotopic (exact) mass is 416 g/mol. The first-order valence-electron chi connectivity index (χ1n) is 9.22. The van der Waals surface area contributed by atoms with Crippen molar-refractivity contribution in [3.8, 4) is 5.75 Å². The zero-order valence-corrected chi connectivity index (χ0v) is 16.6. The zero-order valence-electron chi connectivity index (χ0n) is 15.8. The first-order chi connectivity index (χ1) is 14.6. The lowest BCUT2D eigenvalue weighted by atomic mass is 10.1. The summed E-state index contributed by atoms with van der Waals surface area (Å²) in [7, 11) is 0. The lowest BCUT2D eigenvalue weighted by Gasteiger charge is -2.11. The lowest BCUT2D eigenvalue weighted by Crippen LogP contribution is -2.16. The van der Waals surface area contributed by atoms with Gasteiger partial charge in [-0.2, -0.15) is 0 Å². The molecule has 0 heterocycles. The van der Waals surface area contributed by atoms with Crippen molar-refractivity contribution in [2.24, 2.45) is 0 Å². The van der Waals surface area contributed by atoms with E-state index in [-0.39, 0.29) is 16.9 Å². The van der Waals surface area contributed by atoms with E-state index in [4.69, 9.17) is 17.0 Å².